The van der Waals surface area contributed by atoms with Gasteiger partial charge in [0, 0.05) is 19.5 Å². The molecule has 1 aromatic heterocycles. The first-order chi connectivity index (χ1) is 9.52. The normalized spacial score (nSPS) is 15.3. The Bertz CT molecular complexity index is 574. The van der Waals surface area contributed by atoms with Crippen molar-refractivity contribution in [2.45, 2.75) is 32.0 Å². The molecule has 2 heterocycles. The Kier molecular flexibility index (Phi) is 3.95. The van der Waals surface area contributed by atoms with E-state index in [9.17, 15) is 9.59 Å². The van der Waals surface area contributed by atoms with Gasteiger partial charge >= 0.3 is 0 Å². The Morgan fingerprint density at radius 3 is 2.80 bits per heavy atom. The van der Waals surface area contributed by atoms with Gasteiger partial charge < -0.3 is 16.4 Å². The van der Waals surface area contributed by atoms with E-state index in [0.717, 1.165) is 0 Å². The van der Waals surface area contributed by atoms with Crippen LogP contribution in [-0.2, 0) is 22.7 Å². The van der Waals surface area contributed by atoms with E-state index in [2.05, 4.69) is 10.2 Å². The molecular formula is C11H15N7O2. The monoisotopic (exact) mass is 277 g/mol. The molecule has 2 rings (SSSR count). The van der Waals surface area contributed by atoms with Crippen LogP contribution in [0.1, 0.15) is 24.5 Å². The van der Waals surface area contributed by atoms with Gasteiger partial charge in [-0.15, -0.1) is 10.2 Å². The summed E-state index contributed by atoms with van der Waals surface area (Å²) < 4.78 is 1.68. The summed E-state index contributed by atoms with van der Waals surface area (Å²) >= 11 is 0. The topological polar surface area (TPSA) is 144 Å². The molecule has 0 saturated heterocycles. The molecule has 0 radical (unpaired) electrons. The third kappa shape index (κ3) is 2.75. The fraction of sp³-hybridized carbons (Fsp3) is 0.545. The number of aromatic nitrogens is 3. The number of carbonyl (C=O) groups is 2. The van der Waals surface area contributed by atoms with Crippen LogP contribution < -0.4 is 11.5 Å². The first-order valence-corrected chi connectivity index (χ1v) is 6.17. The number of carbonyl (C=O) groups excluding carboxylic acids is 2. The summed E-state index contributed by atoms with van der Waals surface area (Å²) in [6.45, 7) is 1.15. The number of nitrogens with two attached hydrogens (primary N) is 2. The van der Waals surface area contributed by atoms with Crippen LogP contribution in [0.25, 0.3) is 0 Å². The maximum atomic E-state index is 12.1. The van der Waals surface area contributed by atoms with Crippen LogP contribution in [-0.4, -0.2) is 44.1 Å². The van der Waals surface area contributed by atoms with Crippen molar-refractivity contribution >= 4 is 11.8 Å². The minimum atomic E-state index is -0.757. The van der Waals surface area contributed by atoms with Gasteiger partial charge in [-0.3, -0.25) is 14.2 Å². The lowest BCUT2D eigenvalue weighted by Crippen LogP contribution is -2.47. The molecule has 2 amide bonds. The van der Waals surface area contributed by atoms with E-state index in [1.54, 1.807) is 9.47 Å². The van der Waals surface area contributed by atoms with Crippen LogP contribution >= 0.6 is 0 Å². The highest BCUT2D eigenvalue weighted by molar-refractivity contribution is 5.82. The first-order valence-electron chi connectivity index (χ1n) is 6.17. The molecule has 4 N–H and O–H groups in total. The number of hydrogen-bond donors (Lipinski definition) is 2. The van der Waals surface area contributed by atoms with Gasteiger partial charge in [-0.1, -0.05) is 0 Å². The predicted molar refractivity (Wildman–Crippen MR) is 66.6 cm³/mol. The van der Waals surface area contributed by atoms with Crippen molar-refractivity contribution in [3.05, 3.63) is 11.6 Å². The second-order valence-electron chi connectivity index (χ2n) is 4.57. The Hall–Kier alpha value is -2.47. The summed E-state index contributed by atoms with van der Waals surface area (Å²) in [6.07, 6.45) is 0.302. The highest BCUT2D eigenvalue weighted by atomic mass is 16.2. The van der Waals surface area contributed by atoms with Gasteiger partial charge in [0.2, 0.25) is 17.6 Å². The average Bonchev–Trinajstić information content (AvgIpc) is 2.85. The Morgan fingerprint density at radius 2 is 2.15 bits per heavy atom. The molecule has 0 spiro atoms. The summed E-state index contributed by atoms with van der Waals surface area (Å²) in [5, 5.41) is 16.5. The van der Waals surface area contributed by atoms with Crippen LogP contribution in [0.3, 0.4) is 0 Å². The smallest absolute Gasteiger partial charge is 0.239 e. The molecule has 0 fully saturated rings. The Balaban J connectivity index is 2.00. The molecule has 9 heteroatoms. The molecule has 0 aromatic carbocycles. The van der Waals surface area contributed by atoms with Crippen molar-refractivity contribution < 1.29 is 9.59 Å². The minimum Gasteiger partial charge on any atom is -0.370 e. The summed E-state index contributed by atoms with van der Waals surface area (Å²) in [4.78, 5) is 24.4. The molecule has 1 aliphatic rings. The summed E-state index contributed by atoms with van der Waals surface area (Å²) in [5.74, 6) is 0.0673. The van der Waals surface area contributed by atoms with Gasteiger partial charge in [-0.2, -0.15) is 5.26 Å². The van der Waals surface area contributed by atoms with Crippen molar-refractivity contribution in [3.63, 3.8) is 0 Å². The maximum absolute atomic E-state index is 12.1. The average molecular weight is 277 g/mol. The zero-order valence-corrected chi connectivity index (χ0v) is 10.8. The molecule has 106 valence electrons. The van der Waals surface area contributed by atoms with Crippen molar-refractivity contribution in [1.29, 1.82) is 5.26 Å². The largest absolute Gasteiger partial charge is 0.370 e. The van der Waals surface area contributed by atoms with Crippen molar-refractivity contribution in [1.82, 2.24) is 19.7 Å². The van der Waals surface area contributed by atoms with Gasteiger partial charge in [-0.25, -0.2) is 0 Å². The van der Waals surface area contributed by atoms with E-state index >= 15 is 0 Å². The zero-order valence-electron chi connectivity index (χ0n) is 10.8. The molecule has 9 nitrogen and oxygen atoms in total. The van der Waals surface area contributed by atoms with Gasteiger partial charge in [0.05, 0.1) is 12.6 Å². The second-order valence-corrected chi connectivity index (χ2v) is 4.57. The van der Waals surface area contributed by atoms with Crippen LogP contribution in [0, 0.1) is 11.3 Å². The fourth-order valence-electron chi connectivity index (χ4n) is 2.08. The predicted octanol–water partition coefficient (Wildman–Crippen LogP) is -1.92. The molecule has 0 unspecified atom stereocenters. The Morgan fingerprint density at radius 1 is 1.40 bits per heavy atom. The van der Waals surface area contributed by atoms with Crippen LogP contribution in [0.15, 0.2) is 0 Å². The summed E-state index contributed by atoms with van der Waals surface area (Å²) in [6, 6.07) is 1.19. The van der Waals surface area contributed by atoms with Gasteiger partial charge in [0.1, 0.15) is 6.07 Å². The van der Waals surface area contributed by atoms with Crippen molar-refractivity contribution in [2.24, 2.45) is 11.5 Å². The SMILES string of the molecule is N#Cc1nnc2n1CCN(C(=O)[C@@H](N)CCC(N)=O)C2. The third-order valence-electron chi connectivity index (χ3n) is 3.18. The number of amides is 2. The van der Waals surface area contributed by atoms with Gasteiger partial charge in [0.15, 0.2) is 5.82 Å². The van der Waals surface area contributed by atoms with Crippen LogP contribution in [0.2, 0.25) is 0 Å². The zero-order chi connectivity index (χ0) is 14.7. The lowest BCUT2D eigenvalue weighted by molar-refractivity contribution is -0.134. The molecule has 1 aromatic rings. The number of hydrogen-bond acceptors (Lipinski definition) is 6. The number of nitrogens with zero attached hydrogens (tertiary/aromatic N) is 5. The number of fused-ring (bicyclic) bond motifs is 1. The lowest BCUT2D eigenvalue weighted by atomic mass is 10.1. The van der Waals surface area contributed by atoms with E-state index in [0.29, 0.717) is 18.9 Å². The fourth-order valence-corrected chi connectivity index (χ4v) is 2.08. The summed E-state index contributed by atoms with van der Waals surface area (Å²) in [5.41, 5.74) is 10.8. The van der Waals surface area contributed by atoms with E-state index in [1.807, 2.05) is 6.07 Å². The molecular weight excluding hydrogens is 262 g/mol. The Labute approximate surface area is 115 Å². The molecule has 1 aliphatic heterocycles. The standard InChI is InChI=1S/C11H15N7O2/c12-5-9-15-16-10-6-17(3-4-18(9)10)11(20)7(13)1-2-8(14)19/h7H,1-4,6,13H2,(H2,14,19)/t7-/m0/s1. The number of rotatable bonds is 4. The second kappa shape index (κ2) is 5.66. The van der Waals surface area contributed by atoms with Crippen LogP contribution in [0.5, 0.6) is 0 Å². The van der Waals surface area contributed by atoms with E-state index in [-0.39, 0.29) is 31.1 Å². The molecule has 0 aliphatic carbocycles. The minimum absolute atomic E-state index is 0.0789. The molecule has 0 saturated carbocycles. The van der Waals surface area contributed by atoms with E-state index < -0.39 is 11.9 Å². The highest BCUT2D eigenvalue weighted by Crippen LogP contribution is 2.13. The lowest BCUT2D eigenvalue weighted by Gasteiger charge is -2.29. The maximum Gasteiger partial charge on any atom is 0.239 e. The van der Waals surface area contributed by atoms with Crippen molar-refractivity contribution in [2.75, 3.05) is 6.54 Å². The quantitative estimate of drug-likeness (QED) is 0.656. The number of nitriles is 1. The van der Waals surface area contributed by atoms with E-state index in [4.69, 9.17) is 16.7 Å². The van der Waals surface area contributed by atoms with Crippen molar-refractivity contribution in [3.8, 4) is 6.07 Å². The first kappa shape index (κ1) is 14.0. The number of primary amides is 1. The third-order valence-corrected chi connectivity index (χ3v) is 3.18. The van der Waals surface area contributed by atoms with Crippen LogP contribution in [0.4, 0.5) is 0 Å². The molecule has 1 atom stereocenters. The molecule has 20 heavy (non-hydrogen) atoms. The highest BCUT2D eigenvalue weighted by Gasteiger charge is 2.27. The molecule has 0 bridgehead atoms. The summed E-state index contributed by atoms with van der Waals surface area (Å²) in [7, 11) is 0. The van der Waals surface area contributed by atoms with Gasteiger partial charge in [0.25, 0.3) is 0 Å². The van der Waals surface area contributed by atoms with Gasteiger partial charge in [-0.05, 0) is 6.42 Å². The van der Waals surface area contributed by atoms with E-state index in [1.165, 1.54) is 0 Å².